The number of methoxy groups -OCH3 is 1. The third-order valence-corrected chi connectivity index (χ3v) is 4.18. The average Bonchev–Trinajstić information content (AvgIpc) is 2.62. The number of ether oxygens (including phenoxy) is 1. The third-order valence-electron chi connectivity index (χ3n) is 4.18. The topological polar surface area (TPSA) is 61.7 Å². The first kappa shape index (κ1) is 16.6. The van der Waals surface area contributed by atoms with Crippen LogP contribution in [0, 0.1) is 5.82 Å². The number of anilines is 1. The Bertz CT molecular complexity index is 677. The Hall–Kier alpha value is -2.25. The van der Waals surface area contributed by atoms with Crippen LogP contribution < -0.4 is 9.64 Å². The van der Waals surface area contributed by atoms with Crippen molar-refractivity contribution in [2.75, 3.05) is 44.7 Å². The summed E-state index contributed by atoms with van der Waals surface area (Å²) in [6.45, 7) is 3.42. The lowest BCUT2D eigenvalue weighted by Gasteiger charge is -2.35. The molecule has 1 saturated heterocycles. The van der Waals surface area contributed by atoms with Gasteiger partial charge >= 0.3 is 0 Å². The summed E-state index contributed by atoms with van der Waals surface area (Å²) in [6.07, 6.45) is 0.848. The van der Waals surface area contributed by atoms with Crippen molar-refractivity contribution in [2.24, 2.45) is 0 Å². The molecule has 6 nitrogen and oxygen atoms in total. The van der Waals surface area contributed by atoms with E-state index in [-0.39, 0.29) is 5.82 Å². The maximum Gasteiger partial charge on any atom is 0.228 e. The molecule has 0 saturated carbocycles. The van der Waals surface area contributed by atoms with Gasteiger partial charge in [0, 0.05) is 50.6 Å². The van der Waals surface area contributed by atoms with Gasteiger partial charge < -0.3 is 14.7 Å². The van der Waals surface area contributed by atoms with E-state index in [0.29, 0.717) is 23.9 Å². The largest absolute Gasteiger partial charge is 0.481 e. The van der Waals surface area contributed by atoms with Crippen molar-refractivity contribution in [1.29, 1.82) is 0 Å². The first-order valence-corrected chi connectivity index (χ1v) is 7.94. The second-order valence-corrected chi connectivity index (χ2v) is 5.72. The van der Waals surface area contributed by atoms with Crippen LogP contribution in [-0.4, -0.2) is 59.8 Å². The highest BCUT2D eigenvalue weighted by Gasteiger charge is 2.22. The van der Waals surface area contributed by atoms with Gasteiger partial charge in [0.15, 0.2) is 0 Å². The molecule has 7 heteroatoms. The number of hydrogen-bond acceptors (Lipinski definition) is 6. The molecule has 128 valence electrons. The van der Waals surface area contributed by atoms with Crippen molar-refractivity contribution < 1.29 is 14.2 Å². The first-order chi connectivity index (χ1) is 11.7. The highest BCUT2D eigenvalue weighted by molar-refractivity contribution is 5.32. The second kappa shape index (κ2) is 7.55. The SMILES string of the molecule is COc1ccnc(N2CCN(C[C@@H](O)c3ccccc3F)CC2)n1. The van der Waals surface area contributed by atoms with Crippen LogP contribution in [-0.2, 0) is 0 Å². The molecular weight excluding hydrogens is 311 g/mol. The van der Waals surface area contributed by atoms with Crippen molar-refractivity contribution in [3.8, 4) is 5.88 Å². The lowest BCUT2D eigenvalue weighted by atomic mass is 10.1. The Balaban J connectivity index is 1.56. The Labute approximate surface area is 140 Å². The van der Waals surface area contributed by atoms with E-state index in [1.54, 1.807) is 37.6 Å². The monoisotopic (exact) mass is 332 g/mol. The van der Waals surface area contributed by atoms with Gasteiger partial charge in [-0.25, -0.2) is 9.37 Å². The van der Waals surface area contributed by atoms with Gasteiger partial charge in [-0.15, -0.1) is 0 Å². The van der Waals surface area contributed by atoms with Crippen LogP contribution in [0.25, 0.3) is 0 Å². The molecule has 0 amide bonds. The van der Waals surface area contributed by atoms with Crippen LogP contribution in [0.1, 0.15) is 11.7 Å². The first-order valence-electron chi connectivity index (χ1n) is 7.94. The fraction of sp³-hybridized carbons (Fsp3) is 0.412. The predicted octanol–water partition coefficient (Wildman–Crippen LogP) is 1.48. The van der Waals surface area contributed by atoms with E-state index in [9.17, 15) is 9.50 Å². The van der Waals surface area contributed by atoms with E-state index in [2.05, 4.69) is 19.8 Å². The van der Waals surface area contributed by atoms with Crippen molar-refractivity contribution in [1.82, 2.24) is 14.9 Å². The molecule has 0 bridgehead atoms. The smallest absolute Gasteiger partial charge is 0.228 e. The summed E-state index contributed by atoms with van der Waals surface area (Å²) in [5, 5.41) is 10.3. The fourth-order valence-corrected chi connectivity index (χ4v) is 2.82. The maximum absolute atomic E-state index is 13.7. The minimum absolute atomic E-state index is 0.344. The number of β-amino-alcohol motifs (C(OH)–C–C–N with tert-alkyl or cyclic N) is 1. The minimum atomic E-state index is -0.828. The number of halogens is 1. The molecule has 1 aromatic carbocycles. The number of rotatable bonds is 5. The zero-order valence-corrected chi connectivity index (χ0v) is 13.6. The van der Waals surface area contributed by atoms with Crippen LogP contribution in [0.2, 0.25) is 0 Å². The molecule has 1 aromatic heterocycles. The molecular formula is C17H21FN4O2. The van der Waals surface area contributed by atoms with Crippen LogP contribution >= 0.6 is 0 Å². The van der Waals surface area contributed by atoms with Gasteiger partial charge in [0.05, 0.1) is 13.2 Å². The highest BCUT2D eigenvalue weighted by atomic mass is 19.1. The van der Waals surface area contributed by atoms with E-state index in [0.717, 1.165) is 26.2 Å². The second-order valence-electron chi connectivity index (χ2n) is 5.72. The quantitative estimate of drug-likeness (QED) is 0.895. The van der Waals surface area contributed by atoms with Gasteiger partial charge in [0.25, 0.3) is 0 Å². The fourth-order valence-electron chi connectivity index (χ4n) is 2.82. The van der Waals surface area contributed by atoms with Crippen molar-refractivity contribution in [2.45, 2.75) is 6.10 Å². The van der Waals surface area contributed by atoms with Crippen LogP contribution in [0.15, 0.2) is 36.5 Å². The van der Waals surface area contributed by atoms with Crippen molar-refractivity contribution >= 4 is 5.95 Å². The van der Waals surface area contributed by atoms with E-state index in [4.69, 9.17) is 4.74 Å². The number of benzene rings is 1. The standard InChI is InChI=1S/C17H21FN4O2/c1-24-16-6-7-19-17(20-16)22-10-8-21(9-11-22)12-15(23)13-4-2-3-5-14(13)18/h2-7,15,23H,8-12H2,1H3/t15-/m1/s1. The third kappa shape index (κ3) is 3.80. The van der Waals surface area contributed by atoms with Crippen LogP contribution in [0.5, 0.6) is 5.88 Å². The molecule has 0 spiro atoms. The van der Waals surface area contributed by atoms with Gasteiger partial charge in [-0.1, -0.05) is 18.2 Å². The van der Waals surface area contributed by atoms with Crippen molar-refractivity contribution in [3.05, 3.63) is 47.9 Å². The number of piperazine rings is 1. The average molecular weight is 332 g/mol. The van der Waals surface area contributed by atoms with Crippen molar-refractivity contribution in [3.63, 3.8) is 0 Å². The maximum atomic E-state index is 13.7. The van der Waals surface area contributed by atoms with E-state index < -0.39 is 6.10 Å². The predicted molar refractivity (Wildman–Crippen MR) is 88.6 cm³/mol. The normalized spacial score (nSPS) is 16.9. The molecule has 1 aliphatic rings. The molecule has 1 aliphatic heterocycles. The molecule has 2 heterocycles. The minimum Gasteiger partial charge on any atom is -0.481 e. The lowest BCUT2D eigenvalue weighted by molar-refractivity contribution is 0.106. The van der Waals surface area contributed by atoms with Gasteiger partial charge in [0.1, 0.15) is 5.82 Å². The molecule has 0 unspecified atom stereocenters. The number of aliphatic hydroxyl groups is 1. The van der Waals surface area contributed by atoms with Gasteiger partial charge in [-0.3, -0.25) is 4.90 Å². The highest BCUT2D eigenvalue weighted by Crippen LogP contribution is 2.19. The number of aromatic nitrogens is 2. The molecule has 1 fully saturated rings. The van der Waals surface area contributed by atoms with E-state index in [1.165, 1.54) is 6.07 Å². The summed E-state index contributed by atoms with van der Waals surface area (Å²) in [5.74, 6) is 0.814. The summed E-state index contributed by atoms with van der Waals surface area (Å²) in [7, 11) is 1.58. The zero-order chi connectivity index (χ0) is 16.9. The molecule has 1 N–H and O–H groups in total. The van der Waals surface area contributed by atoms with Gasteiger partial charge in [-0.2, -0.15) is 4.98 Å². The number of nitrogens with zero attached hydrogens (tertiary/aromatic N) is 4. The van der Waals surface area contributed by atoms with Crippen LogP contribution in [0.3, 0.4) is 0 Å². The summed E-state index contributed by atoms with van der Waals surface area (Å²) in [6, 6.07) is 8.07. The number of hydrogen-bond donors (Lipinski definition) is 1. The van der Waals surface area contributed by atoms with E-state index in [1.807, 2.05) is 0 Å². The lowest BCUT2D eigenvalue weighted by Crippen LogP contribution is -2.48. The van der Waals surface area contributed by atoms with E-state index >= 15 is 0 Å². The molecule has 2 aromatic rings. The molecule has 0 radical (unpaired) electrons. The summed E-state index contributed by atoms with van der Waals surface area (Å²) in [5.41, 5.74) is 0.344. The Morgan fingerprint density at radius 3 is 2.67 bits per heavy atom. The molecule has 24 heavy (non-hydrogen) atoms. The number of aliphatic hydroxyl groups excluding tert-OH is 1. The molecule has 0 aliphatic carbocycles. The summed E-state index contributed by atoms with van der Waals surface area (Å²) >= 11 is 0. The van der Waals surface area contributed by atoms with Gasteiger partial charge in [-0.05, 0) is 6.07 Å². The van der Waals surface area contributed by atoms with Crippen LogP contribution in [0.4, 0.5) is 10.3 Å². The summed E-state index contributed by atoms with van der Waals surface area (Å²) in [4.78, 5) is 12.8. The van der Waals surface area contributed by atoms with Gasteiger partial charge in [0.2, 0.25) is 11.8 Å². The Kier molecular flexibility index (Phi) is 5.22. The Morgan fingerprint density at radius 1 is 1.21 bits per heavy atom. The molecule has 3 rings (SSSR count). The zero-order valence-electron chi connectivity index (χ0n) is 13.6. The molecule has 1 atom stereocenters. The summed E-state index contributed by atoms with van der Waals surface area (Å²) < 4.78 is 18.9. The Morgan fingerprint density at radius 2 is 1.96 bits per heavy atom.